The molecular formula is C41H22O18. The number of hydrogen-bond acceptors (Lipinski definition) is 14. The first-order chi connectivity index (χ1) is 28.0. The van der Waals surface area contributed by atoms with Gasteiger partial charge in [-0.15, -0.1) is 0 Å². The summed E-state index contributed by atoms with van der Waals surface area (Å²) in [5, 5.41) is 39.1. The zero-order chi connectivity index (χ0) is 43.1. The SMILES string of the molecule is O=C(O)c1ccccc1C(=O)OC(=O)c1c(C(=O)O)cc(C(=O)c2ccccc2)c(C(=O)OC(=O)c2ccccc2C(=O)O)c1C(=O)OC(=O)c1ccccc1C(=O)O. The number of carbonyl (C=O) groups is 11. The van der Waals surface area contributed by atoms with Crippen LogP contribution in [0.4, 0.5) is 0 Å². The molecule has 0 saturated heterocycles. The molecular weight excluding hydrogens is 780 g/mol. The van der Waals surface area contributed by atoms with Gasteiger partial charge in [-0.25, -0.2) is 47.9 Å². The fourth-order valence-corrected chi connectivity index (χ4v) is 5.52. The minimum Gasteiger partial charge on any atom is -0.478 e. The van der Waals surface area contributed by atoms with E-state index in [0.29, 0.717) is 6.07 Å². The standard InChI is InChI=1S/C41H22O18/c42-31(19-10-2-1-3-11-19)26-18-27(35(49)50)29(40(55)58-37(52)24-16-8-5-13-21(24)33(45)46)30(41(56)59-38(53)25-17-9-6-14-22(25)34(47)48)28(26)39(54)57-36(51)23-15-7-4-12-20(23)32(43)44/h1-18H,(H,43,44)(H,45,46)(H,47,48)(H,49,50). The van der Waals surface area contributed by atoms with Crippen molar-refractivity contribution in [3.8, 4) is 0 Å². The highest BCUT2D eigenvalue weighted by molar-refractivity contribution is 6.25. The lowest BCUT2D eigenvalue weighted by Crippen LogP contribution is -2.29. The Labute approximate surface area is 328 Å². The average molecular weight is 803 g/mol. The summed E-state index contributed by atoms with van der Waals surface area (Å²) in [7, 11) is 0. The Balaban J connectivity index is 1.81. The fourth-order valence-electron chi connectivity index (χ4n) is 5.52. The average Bonchev–Trinajstić information content (AvgIpc) is 3.22. The minimum atomic E-state index is -2.17. The third-order valence-electron chi connectivity index (χ3n) is 8.14. The first kappa shape index (κ1) is 41.2. The van der Waals surface area contributed by atoms with Crippen LogP contribution in [0.3, 0.4) is 0 Å². The summed E-state index contributed by atoms with van der Waals surface area (Å²) in [5.74, 6) is -20.0. The Morgan fingerprint density at radius 3 is 0.932 bits per heavy atom. The highest BCUT2D eigenvalue weighted by atomic mass is 16.6. The van der Waals surface area contributed by atoms with E-state index in [1.807, 2.05) is 0 Å². The van der Waals surface area contributed by atoms with Gasteiger partial charge in [-0.3, -0.25) is 4.79 Å². The van der Waals surface area contributed by atoms with Gasteiger partial charge in [0.25, 0.3) is 0 Å². The van der Waals surface area contributed by atoms with Crippen LogP contribution in [0.2, 0.25) is 0 Å². The van der Waals surface area contributed by atoms with Crippen LogP contribution in [0, 0.1) is 0 Å². The van der Waals surface area contributed by atoms with Gasteiger partial charge in [0.15, 0.2) is 5.78 Å². The second-order valence-corrected chi connectivity index (χ2v) is 11.7. The molecule has 0 fully saturated rings. The van der Waals surface area contributed by atoms with Crippen LogP contribution in [0.5, 0.6) is 0 Å². The van der Waals surface area contributed by atoms with Crippen molar-refractivity contribution in [1.29, 1.82) is 0 Å². The highest BCUT2D eigenvalue weighted by Crippen LogP contribution is 2.30. The van der Waals surface area contributed by atoms with Crippen molar-refractivity contribution >= 4 is 65.5 Å². The maximum atomic E-state index is 14.2. The molecule has 0 aliphatic heterocycles. The zero-order valence-electron chi connectivity index (χ0n) is 29.4. The van der Waals surface area contributed by atoms with Crippen LogP contribution >= 0.6 is 0 Å². The van der Waals surface area contributed by atoms with E-state index in [1.165, 1.54) is 42.5 Å². The topological polar surface area (TPSA) is 296 Å². The highest BCUT2D eigenvalue weighted by Gasteiger charge is 2.40. The Kier molecular flexibility index (Phi) is 12.1. The summed E-state index contributed by atoms with van der Waals surface area (Å²) in [6, 6.07) is 19.4. The Hall–Kier alpha value is -8.93. The molecule has 5 rings (SSSR count). The molecule has 0 aromatic heterocycles. The first-order valence-electron chi connectivity index (χ1n) is 16.3. The summed E-state index contributed by atoms with van der Waals surface area (Å²) < 4.78 is 14.6. The quantitative estimate of drug-likeness (QED) is 0.0575. The van der Waals surface area contributed by atoms with Gasteiger partial charge in [0.2, 0.25) is 0 Å². The van der Waals surface area contributed by atoms with E-state index in [1.54, 1.807) is 0 Å². The van der Waals surface area contributed by atoms with E-state index in [2.05, 4.69) is 0 Å². The van der Waals surface area contributed by atoms with Crippen molar-refractivity contribution in [2.75, 3.05) is 0 Å². The molecule has 294 valence electrons. The number of benzene rings is 5. The maximum absolute atomic E-state index is 14.2. The molecule has 0 amide bonds. The van der Waals surface area contributed by atoms with E-state index in [0.717, 1.165) is 60.7 Å². The predicted octanol–water partition coefficient (Wildman–Crippen LogP) is 4.70. The van der Waals surface area contributed by atoms with Gasteiger partial charge in [-0.2, -0.15) is 0 Å². The number of esters is 6. The number of rotatable bonds is 12. The van der Waals surface area contributed by atoms with Crippen molar-refractivity contribution in [3.05, 3.63) is 176 Å². The molecule has 18 heteroatoms. The van der Waals surface area contributed by atoms with Crippen LogP contribution in [0.1, 0.15) is 120 Å². The largest absolute Gasteiger partial charge is 0.478 e. The number of hydrogen-bond donors (Lipinski definition) is 4. The van der Waals surface area contributed by atoms with E-state index in [9.17, 15) is 73.2 Å². The maximum Gasteiger partial charge on any atom is 0.347 e. The third-order valence-corrected chi connectivity index (χ3v) is 8.14. The Bertz CT molecular complexity index is 2670. The van der Waals surface area contributed by atoms with E-state index in [-0.39, 0.29) is 5.56 Å². The molecule has 0 heterocycles. The van der Waals surface area contributed by atoms with Gasteiger partial charge in [0, 0.05) is 11.1 Å². The van der Waals surface area contributed by atoms with Crippen molar-refractivity contribution in [2.24, 2.45) is 0 Å². The van der Waals surface area contributed by atoms with Crippen LogP contribution in [0.15, 0.2) is 109 Å². The number of carboxylic acid groups (broad SMARTS) is 4. The number of ketones is 1. The fraction of sp³-hybridized carbons (Fsp3) is 0. The molecule has 18 nitrogen and oxygen atoms in total. The smallest absolute Gasteiger partial charge is 0.347 e. The molecule has 0 bridgehead atoms. The summed E-state index contributed by atoms with van der Waals surface area (Å²) in [6.45, 7) is 0. The summed E-state index contributed by atoms with van der Waals surface area (Å²) >= 11 is 0. The summed E-state index contributed by atoms with van der Waals surface area (Å²) in [6.07, 6.45) is 0. The zero-order valence-corrected chi connectivity index (χ0v) is 29.4. The van der Waals surface area contributed by atoms with E-state index < -0.39 is 127 Å². The normalized spacial score (nSPS) is 10.4. The lowest BCUT2D eigenvalue weighted by atomic mass is 9.87. The second kappa shape index (κ2) is 17.3. The Morgan fingerprint density at radius 1 is 0.305 bits per heavy atom. The lowest BCUT2D eigenvalue weighted by molar-refractivity contribution is 0.0339. The number of carboxylic acids is 4. The van der Waals surface area contributed by atoms with Gasteiger partial charge in [0.05, 0.1) is 55.6 Å². The van der Waals surface area contributed by atoms with Gasteiger partial charge in [0.1, 0.15) is 0 Å². The molecule has 0 atom stereocenters. The number of carbonyl (C=O) groups excluding carboxylic acids is 7. The molecule has 0 aliphatic rings. The molecule has 4 N–H and O–H groups in total. The molecule has 0 saturated carbocycles. The third kappa shape index (κ3) is 8.66. The van der Waals surface area contributed by atoms with Crippen LogP contribution in [0.25, 0.3) is 0 Å². The summed E-state index contributed by atoms with van der Waals surface area (Å²) in [4.78, 5) is 145. The predicted molar refractivity (Wildman–Crippen MR) is 193 cm³/mol. The van der Waals surface area contributed by atoms with Crippen molar-refractivity contribution < 1.29 is 87.4 Å². The minimum absolute atomic E-state index is 0.304. The first-order valence-corrected chi connectivity index (χ1v) is 16.3. The van der Waals surface area contributed by atoms with Crippen LogP contribution in [-0.4, -0.2) is 85.9 Å². The molecule has 0 aliphatic carbocycles. The number of aromatic carboxylic acids is 4. The molecule has 0 radical (unpaired) electrons. The van der Waals surface area contributed by atoms with Gasteiger partial charge in [-0.1, -0.05) is 66.7 Å². The van der Waals surface area contributed by atoms with Gasteiger partial charge < -0.3 is 34.6 Å². The monoisotopic (exact) mass is 802 g/mol. The molecule has 0 unspecified atom stereocenters. The Morgan fingerprint density at radius 2 is 0.593 bits per heavy atom. The second-order valence-electron chi connectivity index (χ2n) is 11.7. The molecule has 5 aromatic rings. The van der Waals surface area contributed by atoms with Crippen LogP contribution in [-0.2, 0) is 14.2 Å². The molecule has 59 heavy (non-hydrogen) atoms. The van der Waals surface area contributed by atoms with Crippen molar-refractivity contribution in [2.45, 2.75) is 0 Å². The lowest BCUT2D eigenvalue weighted by Gasteiger charge is -2.18. The summed E-state index contributed by atoms with van der Waals surface area (Å²) in [5.41, 5.74) is -11.9. The van der Waals surface area contributed by atoms with E-state index >= 15 is 0 Å². The number of ether oxygens (including phenoxy) is 3. The van der Waals surface area contributed by atoms with Crippen molar-refractivity contribution in [1.82, 2.24) is 0 Å². The van der Waals surface area contributed by atoms with Crippen LogP contribution < -0.4 is 0 Å². The van der Waals surface area contributed by atoms with Gasteiger partial charge in [-0.05, 0) is 42.5 Å². The molecule has 5 aromatic carbocycles. The van der Waals surface area contributed by atoms with E-state index in [4.69, 9.17) is 14.2 Å². The van der Waals surface area contributed by atoms with Crippen molar-refractivity contribution in [3.63, 3.8) is 0 Å². The molecule has 0 spiro atoms. The van der Waals surface area contributed by atoms with Gasteiger partial charge >= 0.3 is 59.7 Å².